The van der Waals surface area contributed by atoms with Gasteiger partial charge in [-0.1, -0.05) is 19.1 Å². The zero-order valence-electron chi connectivity index (χ0n) is 10.8. The second-order valence-corrected chi connectivity index (χ2v) is 5.74. The molecule has 2 rings (SSSR count). The summed E-state index contributed by atoms with van der Waals surface area (Å²) in [5.41, 5.74) is 2.79. The molecule has 0 saturated heterocycles. The van der Waals surface area contributed by atoms with Crippen LogP contribution in [0, 0.1) is 12.8 Å². The summed E-state index contributed by atoms with van der Waals surface area (Å²) in [6, 6.07) is 7.66. The third-order valence-corrected chi connectivity index (χ3v) is 3.98. The Bertz CT molecular complexity index is 565. The Morgan fingerprint density at radius 1 is 1.42 bits per heavy atom. The molecule has 0 radical (unpaired) electrons. The van der Waals surface area contributed by atoms with Gasteiger partial charge in [-0.2, -0.15) is 0 Å². The number of aryl methyl sites for hydroxylation is 1. The molecule has 0 aliphatic rings. The molecule has 5 heteroatoms. The first-order chi connectivity index (χ1) is 9.10. The number of carbonyl (C=O) groups excluding carboxylic acids is 1. The molecule has 0 fully saturated rings. The molecular weight excluding hydrogens is 280 g/mol. The molecule has 1 amide bonds. The number of benzene rings is 1. The fourth-order valence-corrected chi connectivity index (χ4v) is 2.32. The molecule has 3 nitrogen and oxygen atoms in total. The minimum atomic E-state index is -0.192. The van der Waals surface area contributed by atoms with E-state index in [4.69, 9.17) is 11.6 Å². The van der Waals surface area contributed by atoms with Crippen LogP contribution >= 0.6 is 22.9 Å². The number of alkyl halides is 1. The van der Waals surface area contributed by atoms with Crippen LogP contribution < -0.4 is 5.32 Å². The number of rotatable bonds is 4. The Labute approximate surface area is 121 Å². The van der Waals surface area contributed by atoms with Crippen LogP contribution in [0.2, 0.25) is 0 Å². The Kier molecular flexibility index (Phi) is 4.56. The number of hydrogen-bond acceptors (Lipinski definition) is 3. The largest absolute Gasteiger partial charge is 0.326 e. The highest BCUT2D eigenvalue weighted by Gasteiger charge is 2.11. The predicted molar refractivity (Wildman–Crippen MR) is 80.8 cm³/mol. The first-order valence-corrected chi connectivity index (χ1v) is 7.41. The molecule has 1 heterocycles. The van der Waals surface area contributed by atoms with E-state index in [-0.39, 0.29) is 11.8 Å². The molecule has 0 bridgehead atoms. The summed E-state index contributed by atoms with van der Waals surface area (Å²) in [7, 11) is 0. The summed E-state index contributed by atoms with van der Waals surface area (Å²) in [5, 5.41) is 5.91. The number of nitrogens with zero attached hydrogens (tertiary/aromatic N) is 1. The van der Waals surface area contributed by atoms with Gasteiger partial charge in [-0.25, -0.2) is 4.98 Å². The molecule has 1 unspecified atom stereocenters. The number of amides is 1. The van der Waals surface area contributed by atoms with Crippen LogP contribution in [0.4, 0.5) is 5.69 Å². The fraction of sp³-hybridized carbons (Fsp3) is 0.286. The van der Waals surface area contributed by atoms with Crippen molar-refractivity contribution in [3.63, 3.8) is 0 Å². The zero-order chi connectivity index (χ0) is 13.8. The number of nitrogens with one attached hydrogen (secondary N) is 1. The monoisotopic (exact) mass is 294 g/mol. The van der Waals surface area contributed by atoms with Crippen LogP contribution in [0.3, 0.4) is 0 Å². The number of hydrogen-bond donors (Lipinski definition) is 1. The van der Waals surface area contributed by atoms with Gasteiger partial charge >= 0.3 is 0 Å². The van der Waals surface area contributed by atoms with E-state index in [0.717, 1.165) is 22.0 Å². The Morgan fingerprint density at radius 3 is 2.63 bits per heavy atom. The topological polar surface area (TPSA) is 42.0 Å². The fourth-order valence-electron chi connectivity index (χ4n) is 1.56. The predicted octanol–water partition coefficient (Wildman–Crippen LogP) is 3.93. The summed E-state index contributed by atoms with van der Waals surface area (Å²) in [6.45, 7) is 3.78. The molecule has 0 aliphatic heterocycles. The number of aromatic nitrogens is 1. The lowest BCUT2D eigenvalue weighted by Gasteiger charge is -2.09. The minimum absolute atomic E-state index is 0.0627. The van der Waals surface area contributed by atoms with Crippen molar-refractivity contribution in [2.45, 2.75) is 13.8 Å². The molecule has 1 aromatic heterocycles. The van der Waals surface area contributed by atoms with E-state index in [1.165, 1.54) is 0 Å². The van der Waals surface area contributed by atoms with E-state index < -0.39 is 0 Å². The van der Waals surface area contributed by atoms with Crippen LogP contribution in [-0.2, 0) is 4.79 Å². The lowest BCUT2D eigenvalue weighted by molar-refractivity contribution is -0.118. The van der Waals surface area contributed by atoms with E-state index in [2.05, 4.69) is 10.3 Å². The summed E-state index contributed by atoms with van der Waals surface area (Å²) in [4.78, 5) is 16.1. The number of carbonyl (C=O) groups is 1. The van der Waals surface area contributed by atoms with Gasteiger partial charge in [-0.05, 0) is 19.1 Å². The maximum Gasteiger partial charge on any atom is 0.228 e. The smallest absolute Gasteiger partial charge is 0.228 e. The van der Waals surface area contributed by atoms with Crippen molar-refractivity contribution in [1.82, 2.24) is 4.98 Å². The molecule has 2 aromatic rings. The first-order valence-electron chi connectivity index (χ1n) is 5.99. The van der Waals surface area contributed by atoms with Gasteiger partial charge in [0, 0.05) is 28.4 Å². The Morgan fingerprint density at radius 2 is 2.11 bits per heavy atom. The highest BCUT2D eigenvalue weighted by molar-refractivity contribution is 7.09. The van der Waals surface area contributed by atoms with Crippen LogP contribution in [-0.4, -0.2) is 16.8 Å². The van der Waals surface area contributed by atoms with Gasteiger partial charge in [0.2, 0.25) is 5.91 Å². The van der Waals surface area contributed by atoms with Crippen LogP contribution in [0.25, 0.3) is 11.3 Å². The summed E-state index contributed by atoms with van der Waals surface area (Å²) in [5.74, 6) is 0.0666. The minimum Gasteiger partial charge on any atom is -0.326 e. The normalized spacial score (nSPS) is 12.2. The van der Waals surface area contributed by atoms with E-state index in [1.807, 2.05) is 36.6 Å². The first kappa shape index (κ1) is 14.0. The quantitative estimate of drug-likeness (QED) is 0.868. The van der Waals surface area contributed by atoms with Crippen LogP contribution in [0.1, 0.15) is 11.9 Å². The third kappa shape index (κ3) is 3.55. The van der Waals surface area contributed by atoms with Gasteiger partial charge in [0.25, 0.3) is 0 Å². The van der Waals surface area contributed by atoms with E-state index >= 15 is 0 Å². The summed E-state index contributed by atoms with van der Waals surface area (Å²) >= 11 is 7.28. The highest BCUT2D eigenvalue weighted by Crippen LogP contribution is 2.23. The second-order valence-electron chi connectivity index (χ2n) is 4.37. The van der Waals surface area contributed by atoms with E-state index in [1.54, 1.807) is 18.3 Å². The molecule has 1 atom stereocenters. The molecule has 0 spiro atoms. The van der Waals surface area contributed by atoms with Crippen molar-refractivity contribution < 1.29 is 4.79 Å². The Hall–Kier alpha value is -1.39. The lowest BCUT2D eigenvalue weighted by Crippen LogP contribution is -2.21. The SMILES string of the molecule is Cc1nc(-c2ccc(NC(=O)C(C)CCl)cc2)cs1. The Balaban J connectivity index is 2.08. The van der Waals surface area contributed by atoms with Gasteiger partial charge in [0.1, 0.15) is 0 Å². The number of anilines is 1. The van der Waals surface area contributed by atoms with Crippen LogP contribution in [0.5, 0.6) is 0 Å². The molecule has 100 valence electrons. The maximum atomic E-state index is 11.7. The second kappa shape index (κ2) is 6.17. The van der Waals surface area contributed by atoms with Crippen molar-refractivity contribution in [2.24, 2.45) is 5.92 Å². The molecule has 1 N–H and O–H groups in total. The number of halogens is 1. The maximum absolute atomic E-state index is 11.7. The molecule has 1 aromatic carbocycles. The van der Waals surface area contributed by atoms with Crippen LogP contribution in [0.15, 0.2) is 29.6 Å². The molecule has 0 aliphatic carbocycles. The zero-order valence-corrected chi connectivity index (χ0v) is 12.4. The highest BCUT2D eigenvalue weighted by atomic mass is 35.5. The third-order valence-electron chi connectivity index (χ3n) is 2.75. The van der Waals surface area contributed by atoms with Gasteiger partial charge in [-0.15, -0.1) is 22.9 Å². The number of thiazole rings is 1. The van der Waals surface area contributed by atoms with Crippen molar-refractivity contribution in [1.29, 1.82) is 0 Å². The average molecular weight is 295 g/mol. The molecular formula is C14H15ClN2OS. The average Bonchev–Trinajstić information content (AvgIpc) is 2.85. The van der Waals surface area contributed by atoms with Gasteiger partial charge < -0.3 is 5.32 Å². The van der Waals surface area contributed by atoms with Crippen molar-refractivity contribution in [2.75, 3.05) is 11.2 Å². The van der Waals surface area contributed by atoms with Gasteiger partial charge in [0.15, 0.2) is 0 Å². The van der Waals surface area contributed by atoms with E-state index in [9.17, 15) is 4.79 Å². The summed E-state index contributed by atoms with van der Waals surface area (Å²) in [6.07, 6.45) is 0. The van der Waals surface area contributed by atoms with Crippen molar-refractivity contribution in [3.8, 4) is 11.3 Å². The molecule has 19 heavy (non-hydrogen) atoms. The van der Waals surface area contributed by atoms with E-state index in [0.29, 0.717) is 5.88 Å². The van der Waals surface area contributed by atoms with Crippen molar-refractivity contribution in [3.05, 3.63) is 34.7 Å². The summed E-state index contributed by atoms with van der Waals surface area (Å²) < 4.78 is 0. The molecule has 0 saturated carbocycles. The lowest BCUT2D eigenvalue weighted by atomic mass is 10.1. The standard InChI is InChI=1S/C14H15ClN2OS/c1-9(7-15)14(18)17-12-5-3-11(4-6-12)13-8-19-10(2)16-13/h3-6,8-9H,7H2,1-2H3,(H,17,18). The van der Waals surface area contributed by atoms with Crippen molar-refractivity contribution >= 4 is 34.5 Å². The van der Waals surface area contributed by atoms with Gasteiger partial charge in [0.05, 0.1) is 10.7 Å². The van der Waals surface area contributed by atoms with Gasteiger partial charge in [-0.3, -0.25) is 4.79 Å².